The number of ether oxygens (including phenoxy) is 1. The second-order valence-electron chi connectivity index (χ2n) is 6.41. The van der Waals surface area contributed by atoms with Crippen molar-refractivity contribution in [2.45, 2.75) is 56.9 Å². The Bertz CT molecular complexity index is 699. The molecule has 0 bridgehead atoms. The molecule has 124 valence electrons. The first-order valence-electron chi connectivity index (χ1n) is 8.30. The number of aliphatic hydroxyl groups excluding tert-OH is 1. The van der Waals surface area contributed by atoms with Crippen LogP contribution in [-0.2, 0) is 4.74 Å². The van der Waals surface area contributed by atoms with Crippen LogP contribution in [-0.4, -0.2) is 38.4 Å². The lowest BCUT2D eigenvalue weighted by atomic mass is 10.2. The van der Waals surface area contributed by atoms with E-state index in [-0.39, 0.29) is 18.9 Å². The van der Waals surface area contributed by atoms with Crippen LogP contribution in [0, 0.1) is 0 Å². The first kappa shape index (κ1) is 15.2. The fourth-order valence-electron chi connectivity index (χ4n) is 3.61. The van der Waals surface area contributed by atoms with Crippen molar-refractivity contribution in [1.82, 2.24) is 14.5 Å². The molecule has 7 heteroatoms. The summed E-state index contributed by atoms with van der Waals surface area (Å²) in [6, 6.07) is 2.34. The number of hydrogen-bond acceptors (Lipinski definition) is 5. The Morgan fingerprint density at radius 1 is 1.30 bits per heavy atom. The molecule has 0 unspecified atom stereocenters. The van der Waals surface area contributed by atoms with Crippen LogP contribution < -0.4 is 5.32 Å². The van der Waals surface area contributed by atoms with Crippen molar-refractivity contribution in [3.8, 4) is 0 Å². The zero-order valence-electron chi connectivity index (χ0n) is 12.9. The quantitative estimate of drug-likeness (QED) is 0.839. The van der Waals surface area contributed by atoms with E-state index in [1.165, 1.54) is 25.7 Å². The molecule has 2 fully saturated rings. The van der Waals surface area contributed by atoms with Crippen LogP contribution in [0.5, 0.6) is 0 Å². The standard InChI is InChI=1S/C16H21ClN4O2/c17-13-7-12(19-10-3-1-2-4-10)15-16(20-13)21(9-18-15)14-6-5-11(8-22)23-14/h7,9-11,14,22H,1-6,8H2,(H,19,20)/t11-,14+/m0/s1. The number of nitrogens with zero attached hydrogens (tertiary/aromatic N) is 3. The average Bonchev–Trinajstić information content (AvgIpc) is 3.26. The number of halogens is 1. The normalized spacial score (nSPS) is 25.5. The van der Waals surface area contributed by atoms with E-state index in [0.717, 1.165) is 29.7 Å². The topological polar surface area (TPSA) is 72.2 Å². The van der Waals surface area contributed by atoms with Gasteiger partial charge in [0.2, 0.25) is 0 Å². The first-order chi connectivity index (χ1) is 11.2. The fourth-order valence-corrected chi connectivity index (χ4v) is 3.80. The van der Waals surface area contributed by atoms with Crippen LogP contribution in [0.25, 0.3) is 11.2 Å². The molecule has 1 saturated heterocycles. The summed E-state index contributed by atoms with van der Waals surface area (Å²) in [4.78, 5) is 8.98. The molecule has 1 saturated carbocycles. The van der Waals surface area contributed by atoms with Crippen LogP contribution >= 0.6 is 11.6 Å². The van der Waals surface area contributed by atoms with Gasteiger partial charge < -0.3 is 15.2 Å². The van der Waals surface area contributed by atoms with Crippen LogP contribution in [0.2, 0.25) is 5.15 Å². The molecule has 1 aliphatic heterocycles. The number of imidazole rings is 1. The molecule has 0 radical (unpaired) electrons. The number of aliphatic hydroxyl groups is 1. The summed E-state index contributed by atoms with van der Waals surface area (Å²) < 4.78 is 7.77. The molecule has 4 rings (SSSR count). The third-order valence-electron chi connectivity index (χ3n) is 4.81. The minimum absolute atomic E-state index is 0.0474. The fraction of sp³-hybridized carbons (Fsp3) is 0.625. The molecule has 23 heavy (non-hydrogen) atoms. The van der Waals surface area contributed by atoms with Gasteiger partial charge in [-0.25, -0.2) is 9.97 Å². The van der Waals surface area contributed by atoms with Crippen molar-refractivity contribution in [3.05, 3.63) is 17.5 Å². The average molecular weight is 337 g/mol. The van der Waals surface area contributed by atoms with Crippen LogP contribution in [0.1, 0.15) is 44.8 Å². The molecular formula is C16H21ClN4O2. The summed E-state index contributed by atoms with van der Waals surface area (Å²) in [7, 11) is 0. The van der Waals surface area contributed by atoms with Gasteiger partial charge in [-0.15, -0.1) is 0 Å². The van der Waals surface area contributed by atoms with E-state index in [4.69, 9.17) is 16.3 Å². The zero-order valence-corrected chi connectivity index (χ0v) is 13.7. The van der Waals surface area contributed by atoms with E-state index in [2.05, 4.69) is 15.3 Å². The van der Waals surface area contributed by atoms with Crippen molar-refractivity contribution in [1.29, 1.82) is 0 Å². The van der Waals surface area contributed by atoms with Gasteiger partial charge in [-0.1, -0.05) is 24.4 Å². The lowest BCUT2D eigenvalue weighted by molar-refractivity contribution is -0.0207. The third-order valence-corrected chi connectivity index (χ3v) is 5.01. The van der Waals surface area contributed by atoms with Gasteiger partial charge in [0, 0.05) is 12.1 Å². The monoisotopic (exact) mass is 336 g/mol. The van der Waals surface area contributed by atoms with E-state index in [1.54, 1.807) is 6.33 Å². The zero-order chi connectivity index (χ0) is 15.8. The number of hydrogen-bond donors (Lipinski definition) is 2. The number of anilines is 1. The Kier molecular flexibility index (Phi) is 4.13. The molecule has 2 aromatic rings. The molecule has 2 N–H and O–H groups in total. The number of fused-ring (bicyclic) bond motifs is 1. The van der Waals surface area contributed by atoms with Gasteiger partial charge in [0.15, 0.2) is 5.65 Å². The smallest absolute Gasteiger partial charge is 0.165 e. The maximum atomic E-state index is 9.25. The highest BCUT2D eigenvalue weighted by atomic mass is 35.5. The highest BCUT2D eigenvalue weighted by Gasteiger charge is 2.28. The van der Waals surface area contributed by atoms with E-state index < -0.39 is 0 Å². The van der Waals surface area contributed by atoms with Gasteiger partial charge in [0.25, 0.3) is 0 Å². The predicted octanol–water partition coefficient (Wildman–Crippen LogP) is 3.11. The van der Waals surface area contributed by atoms with Crippen molar-refractivity contribution >= 4 is 28.5 Å². The Labute approximate surface area is 139 Å². The molecule has 1 aliphatic carbocycles. The van der Waals surface area contributed by atoms with Crippen LogP contribution in [0.4, 0.5) is 5.69 Å². The second-order valence-corrected chi connectivity index (χ2v) is 6.80. The lowest BCUT2D eigenvalue weighted by Gasteiger charge is -2.16. The largest absolute Gasteiger partial charge is 0.394 e. The number of aromatic nitrogens is 3. The molecule has 3 heterocycles. The molecule has 2 aromatic heterocycles. The SMILES string of the molecule is OC[C@@H]1CC[C@H](n2cnc3c(NC4CCCC4)cc(Cl)nc32)O1. The second kappa shape index (κ2) is 6.26. The highest BCUT2D eigenvalue weighted by Crippen LogP contribution is 2.33. The summed E-state index contributed by atoms with van der Waals surface area (Å²) in [5, 5.41) is 13.3. The summed E-state index contributed by atoms with van der Waals surface area (Å²) in [5.41, 5.74) is 2.52. The van der Waals surface area contributed by atoms with Crippen molar-refractivity contribution in [2.24, 2.45) is 0 Å². The van der Waals surface area contributed by atoms with E-state index in [1.807, 2.05) is 10.6 Å². The van der Waals surface area contributed by atoms with Crippen molar-refractivity contribution < 1.29 is 9.84 Å². The Morgan fingerprint density at radius 3 is 2.87 bits per heavy atom. The lowest BCUT2D eigenvalue weighted by Crippen LogP contribution is -2.15. The molecule has 2 atom stereocenters. The van der Waals surface area contributed by atoms with Gasteiger partial charge >= 0.3 is 0 Å². The summed E-state index contributed by atoms with van der Waals surface area (Å²) in [6.07, 6.45) is 8.12. The van der Waals surface area contributed by atoms with E-state index >= 15 is 0 Å². The summed E-state index contributed by atoms with van der Waals surface area (Å²) >= 11 is 6.23. The van der Waals surface area contributed by atoms with Gasteiger partial charge in [-0.3, -0.25) is 4.57 Å². The summed E-state index contributed by atoms with van der Waals surface area (Å²) in [5.74, 6) is 0. The first-order valence-corrected chi connectivity index (χ1v) is 8.68. The molecule has 0 spiro atoms. The maximum Gasteiger partial charge on any atom is 0.165 e. The predicted molar refractivity (Wildman–Crippen MR) is 88.6 cm³/mol. The van der Waals surface area contributed by atoms with E-state index in [0.29, 0.717) is 11.2 Å². The van der Waals surface area contributed by atoms with Crippen LogP contribution in [0.3, 0.4) is 0 Å². The van der Waals surface area contributed by atoms with Gasteiger partial charge in [0.1, 0.15) is 16.9 Å². The number of rotatable bonds is 4. The molecule has 0 amide bonds. The Balaban J connectivity index is 1.67. The molecule has 2 aliphatic rings. The molecule has 0 aromatic carbocycles. The minimum Gasteiger partial charge on any atom is -0.394 e. The molecular weight excluding hydrogens is 316 g/mol. The van der Waals surface area contributed by atoms with Gasteiger partial charge in [0.05, 0.1) is 24.7 Å². The van der Waals surface area contributed by atoms with Crippen molar-refractivity contribution in [2.75, 3.05) is 11.9 Å². The third kappa shape index (κ3) is 2.91. The molecule has 6 nitrogen and oxygen atoms in total. The van der Waals surface area contributed by atoms with Crippen molar-refractivity contribution in [3.63, 3.8) is 0 Å². The summed E-state index contributed by atoms with van der Waals surface area (Å²) in [6.45, 7) is 0.0474. The van der Waals surface area contributed by atoms with Gasteiger partial charge in [-0.2, -0.15) is 0 Å². The highest BCUT2D eigenvalue weighted by molar-refractivity contribution is 6.30. The van der Waals surface area contributed by atoms with Gasteiger partial charge in [-0.05, 0) is 25.7 Å². The minimum atomic E-state index is -0.137. The van der Waals surface area contributed by atoms with E-state index in [9.17, 15) is 5.11 Å². The maximum absolute atomic E-state index is 9.25. The van der Waals surface area contributed by atoms with Crippen LogP contribution in [0.15, 0.2) is 12.4 Å². The number of pyridine rings is 1. The Hall–Kier alpha value is -1.37. The Morgan fingerprint density at radius 2 is 2.13 bits per heavy atom. The number of nitrogens with one attached hydrogen (secondary N) is 1.